The first kappa shape index (κ1) is 11.9. The van der Waals surface area contributed by atoms with E-state index in [4.69, 9.17) is 15.1 Å². The van der Waals surface area contributed by atoms with Crippen molar-refractivity contribution in [1.29, 1.82) is 5.26 Å². The molecule has 0 saturated carbocycles. The molecule has 2 rings (SSSR count). The fourth-order valence-electron chi connectivity index (χ4n) is 1.43. The molecule has 0 aliphatic heterocycles. The number of pyridine rings is 1. The van der Waals surface area contributed by atoms with Gasteiger partial charge >= 0.3 is 0 Å². The Morgan fingerprint density at radius 1 is 1.71 bits per heavy atom. The van der Waals surface area contributed by atoms with E-state index in [-0.39, 0.29) is 6.61 Å². The first-order valence-corrected chi connectivity index (χ1v) is 5.79. The van der Waals surface area contributed by atoms with Crippen LogP contribution in [0.2, 0.25) is 0 Å². The number of rotatable bonds is 3. The van der Waals surface area contributed by atoms with E-state index in [1.54, 1.807) is 23.7 Å². The van der Waals surface area contributed by atoms with Crippen molar-refractivity contribution in [3.05, 3.63) is 28.5 Å². The second-order valence-electron chi connectivity index (χ2n) is 3.65. The summed E-state index contributed by atoms with van der Waals surface area (Å²) in [6, 6.07) is 3.82. The standard InChI is InChI=1S/C11H10BrN3O2/c1-7(16)6-17-9-2-10(12)11-8(3-13)4-14-15(11)5-9/h2,4-5,7,16H,6H2,1H3. The van der Waals surface area contributed by atoms with E-state index in [2.05, 4.69) is 27.1 Å². The Morgan fingerprint density at radius 3 is 3.12 bits per heavy atom. The first-order chi connectivity index (χ1) is 8.11. The second-order valence-corrected chi connectivity index (χ2v) is 4.50. The monoisotopic (exact) mass is 295 g/mol. The third kappa shape index (κ3) is 2.40. The summed E-state index contributed by atoms with van der Waals surface area (Å²) in [5.74, 6) is 0.581. The quantitative estimate of drug-likeness (QED) is 0.936. The number of aliphatic hydroxyl groups excluding tert-OH is 1. The van der Waals surface area contributed by atoms with E-state index in [1.165, 1.54) is 6.20 Å². The smallest absolute Gasteiger partial charge is 0.138 e. The van der Waals surface area contributed by atoms with Gasteiger partial charge in [-0.15, -0.1) is 0 Å². The van der Waals surface area contributed by atoms with Gasteiger partial charge in [0.1, 0.15) is 18.4 Å². The molecule has 0 aromatic carbocycles. The number of nitrogens with zero attached hydrogens (tertiary/aromatic N) is 3. The van der Waals surface area contributed by atoms with Crippen LogP contribution in [0.3, 0.4) is 0 Å². The fourth-order valence-corrected chi connectivity index (χ4v) is 2.05. The molecule has 17 heavy (non-hydrogen) atoms. The molecule has 0 bridgehead atoms. The van der Waals surface area contributed by atoms with Gasteiger partial charge in [0.25, 0.3) is 0 Å². The van der Waals surface area contributed by atoms with Crippen molar-refractivity contribution >= 4 is 21.4 Å². The van der Waals surface area contributed by atoms with Gasteiger partial charge in [-0.05, 0) is 28.9 Å². The molecular weight excluding hydrogens is 286 g/mol. The van der Waals surface area contributed by atoms with Crippen molar-refractivity contribution in [3.63, 3.8) is 0 Å². The Kier molecular flexibility index (Phi) is 3.31. The van der Waals surface area contributed by atoms with Crippen LogP contribution in [0, 0.1) is 11.3 Å². The molecular formula is C11H10BrN3O2. The number of aromatic nitrogens is 2. The first-order valence-electron chi connectivity index (χ1n) is 4.99. The molecule has 2 aromatic heterocycles. The zero-order valence-corrected chi connectivity index (χ0v) is 10.7. The summed E-state index contributed by atoms with van der Waals surface area (Å²) in [4.78, 5) is 0. The van der Waals surface area contributed by atoms with E-state index < -0.39 is 6.10 Å². The van der Waals surface area contributed by atoms with Crippen LogP contribution in [0.25, 0.3) is 5.52 Å². The Bertz CT molecular complexity index is 586. The minimum Gasteiger partial charge on any atom is -0.489 e. The largest absolute Gasteiger partial charge is 0.489 e. The third-order valence-electron chi connectivity index (χ3n) is 2.15. The van der Waals surface area contributed by atoms with Crippen molar-refractivity contribution in [3.8, 4) is 11.8 Å². The zero-order valence-electron chi connectivity index (χ0n) is 9.09. The van der Waals surface area contributed by atoms with Gasteiger partial charge in [0, 0.05) is 4.47 Å². The van der Waals surface area contributed by atoms with Gasteiger partial charge in [0.05, 0.1) is 29.6 Å². The van der Waals surface area contributed by atoms with Crippen LogP contribution in [0.15, 0.2) is 22.9 Å². The van der Waals surface area contributed by atoms with Gasteiger partial charge < -0.3 is 9.84 Å². The van der Waals surface area contributed by atoms with E-state index in [1.807, 2.05) is 0 Å². The fraction of sp³-hybridized carbons (Fsp3) is 0.273. The van der Waals surface area contributed by atoms with Crippen LogP contribution >= 0.6 is 15.9 Å². The van der Waals surface area contributed by atoms with Crippen molar-refractivity contribution in [1.82, 2.24) is 9.61 Å². The number of fused-ring (bicyclic) bond motifs is 1. The lowest BCUT2D eigenvalue weighted by molar-refractivity contribution is 0.122. The molecule has 0 amide bonds. The van der Waals surface area contributed by atoms with E-state index in [9.17, 15) is 0 Å². The number of hydrogen-bond donors (Lipinski definition) is 1. The number of hydrogen-bond acceptors (Lipinski definition) is 4. The number of ether oxygens (including phenoxy) is 1. The lowest BCUT2D eigenvalue weighted by Gasteiger charge is -2.09. The minimum atomic E-state index is -0.531. The zero-order chi connectivity index (χ0) is 12.4. The third-order valence-corrected chi connectivity index (χ3v) is 2.76. The maximum atomic E-state index is 9.14. The van der Waals surface area contributed by atoms with Gasteiger partial charge in [0.2, 0.25) is 0 Å². The Labute approximate surface area is 106 Å². The van der Waals surface area contributed by atoms with E-state index in [0.717, 1.165) is 4.47 Å². The molecule has 0 aliphatic carbocycles. The van der Waals surface area contributed by atoms with Crippen molar-refractivity contribution in [2.45, 2.75) is 13.0 Å². The number of nitriles is 1. The predicted octanol–water partition coefficient (Wildman–Crippen LogP) is 1.73. The summed E-state index contributed by atoms with van der Waals surface area (Å²) in [5.41, 5.74) is 1.20. The summed E-state index contributed by atoms with van der Waals surface area (Å²) < 4.78 is 7.68. The molecule has 6 heteroatoms. The molecule has 1 N–H and O–H groups in total. The summed E-state index contributed by atoms with van der Waals surface area (Å²) >= 11 is 3.37. The van der Waals surface area contributed by atoms with Gasteiger partial charge in [0.15, 0.2) is 0 Å². The van der Waals surface area contributed by atoms with Gasteiger partial charge in [-0.3, -0.25) is 0 Å². The molecule has 1 unspecified atom stereocenters. The molecule has 88 valence electrons. The van der Waals surface area contributed by atoms with E-state index >= 15 is 0 Å². The molecule has 0 aliphatic rings. The molecule has 5 nitrogen and oxygen atoms in total. The maximum Gasteiger partial charge on any atom is 0.138 e. The summed E-state index contributed by atoms with van der Waals surface area (Å²) in [7, 11) is 0. The van der Waals surface area contributed by atoms with Gasteiger partial charge in [-0.25, -0.2) is 4.52 Å². The molecule has 0 fully saturated rings. The van der Waals surface area contributed by atoms with Crippen LogP contribution in [0.1, 0.15) is 12.5 Å². The predicted molar refractivity (Wildman–Crippen MR) is 64.8 cm³/mol. The highest BCUT2D eigenvalue weighted by molar-refractivity contribution is 9.10. The van der Waals surface area contributed by atoms with E-state index in [0.29, 0.717) is 16.8 Å². The van der Waals surface area contributed by atoms with Gasteiger partial charge in [-0.2, -0.15) is 10.4 Å². The Hall–Kier alpha value is -1.58. The molecule has 1 atom stereocenters. The highest BCUT2D eigenvalue weighted by Gasteiger charge is 2.10. The highest BCUT2D eigenvalue weighted by Crippen LogP contribution is 2.26. The Balaban J connectivity index is 2.40. The highest BCUT2D eigenvalue weighted by atomic mass is 79.9. The van der Waals surface area contributed by atoms with Gasteiger partial charge in [-0.1, -0.05) is 0 Å². The molecule has 2 aromatic rings. The van der Waals surface area contributed by atoms with Crippen LogP contribution in [-0.2, 0) is 0 Å². The van der Waals surface area contributed by atoms with Crippen molar-refractivity contribution < 1.29 is 9.84 Å². The van der Waals surface area contributed by atoms with Crippen molar-refractivity contribution in [2.75, 3.05) is 6.61 Å². The van der Waals surface area contributed by atoms with Crippen LogP contribution < -0.4 is 4.74 Å². The van der Waals surface area contributed by atoms with Crippen molar-refractivity contribution in [2.24, 2.45) is 0 Å². The lowest BCUT2D eigenvalue weighted by atomic mass is 10.3. The normalized spacial score (nSPS) is 12.4. The average molecular weight is 296 g/mol. The molecule has 2 heterocycles. The molecule has 0 saturated heterocycles. The summed E-state index contributed by atoms with van der Waals surface area (Å²) in [5, 5.41) is 22.1. The topological polar surface area (TPSA) is 70.5 Å². The molecule has 0 radical (unpaired) electrons. The van der Waals surface area contributed by atoms with Crippen LogP contribution in [0.4, 0.5) is 0 Å². The Morgan fingerprint density at radius 2 is 2.47 bits per heavy atom. The lowest BCUT2D eigenvalue weighted by Crippen LogP contribution is -2.13. The summed E-state index contributed by atoms with van der Waals surface area (Å²) in [6.07, 6.45) is 2.64. The van der Waals surface area contributed by atoms with Crippen LogP contribution in [0.5, 0.6) is 5.75 Å². The average Bonchev–Trinajstić information content (AvgIpc) is 2.69. The minimum absolute atomic E-state index is 0.213. The number of halogens is 1. The summed E-state index contributed by atoms with van der Waals surface area (Å²) in [6.45, 7) is 1.86. The SMILES string of the molecule is CC(O)COc1cc(Br)c2c(C#N)cnn2c1. The van der Waals surface area contributed by atoms with Crippen LogP contribution in [-0.4, -0.2) is 27.4 Å². The maximum absolute atomic E-state index is 9.14. The second kappa shape index (κ2) is 4.73. The molecule has 0 spiro atoms. The number of aliphatic hydroxyl groups is 1.